The molecule has 1 N–H and O–H groups in total. The van der Waals surface area contributed by atoms with E-state index in [0.29, 0.717) is 0 Å². The Balaban J connectivity index is 2.95. The molecule has 0 spiro atoms. The third kappa shape index (κ3) is 3.49. The second kappa shape index (κ2) is 5.60. The normalized spacial score (nSPS) is 10.1. The summed E-state index contributed by atoms with van der Waals surface area (Å²) in [4.78, 5) is 11.7. The third-order valence-corrected chi connectivity index (χ3v) is 3.32. The van der Waals surface area contributed by atoms with Gasteiger partial charge in [-0.25, -0.2) is 0 Å². The van der Waals surface area contributed by atoms with Gasteiger partial charge in [0, 0.05) is 8.47 Å². The maximum atomic E-state index is 10.6. The van der Waals surface area contributed by atoms with Gasteiger partial charge in [-0.15, -0.1) is 11.8 Å². The molecule has 0 atom stereocenters. The van der Waals surface area contributed by atoms with Gasteiger partial charge in [-0.2, -0.15) is 0 Å². The van der Waals surface area contributed by atoms with Gasteiger partial charge in [-0.05, 0) is 46.0 Å². The average molecular weight is 322 g/mol. The first-order valence-electron chi connectivity index (χ1n) is 4.26. The Kier molecular flexibility index (Phi) is 4.74. The van der Waals surface area contributed by atoms with Crippen LogP contribution >= 0.6 is 34.4 Å². The molecular weight excluding hydrogens is 311 g/mol. The van der Waals surface area contributed by atoms with Crippen LogP contribution in [0.4, 0.5) is 0 Å². The molecule has 0 aliphatic heterocycles. The van der Waals surface area contributed by atoms with E-state index in [2.05, 4.69) is 29.5 Å². The SMILES string of the molecule is CCSc1cc(I)ccc1CC(=O)O. The van der Waals surface area contributed by atoms with Gasteiger partial charge >= 0.3 is 5.97 Å². The lowest BCUT2D eigenvalue weighted by Gasteiger charge is -2.06. The number of thioether (sulfide) groups is 1. The first-order chi connectivity index (χ1) is 6.63. The van der Waals surface area contributed by atoms with E-state index in [1.165, 1.54) is 0 Å². The maximum absolute atomic E-state index is 10.6. The molecule has 0 radical (unpaired) electrons. The molecule has 0 bridgehead atoms. The summed E-state index contributed by atoms with van der Waals surface area (Å²) < 4.78 is 1.15. The zero-order valence-corrected chi connectivity index (χ0v) is 10.8. The molecule has 1 rings (SSSR count). The number of carboxylic acids is 1. The summed E-state index contributed by atoms with van der Waals surface area (Å²) in [6.07, 6.45) is 0.110. The van der Waals surface area contributed by atoms with Crippen LogP contribution in [-0.4, -0.2) is 16.8 Å². The molecule has 0 aliphatic rings. The fourth-order valence-electron chi connectivity index (χ4n) is 1.13. The Labute approximate surface area is 101 Å². The van der Waals surface area contributed by atoms with Crippen LogP contribution in [0.5, 0.6) is 0 Å². The Bertz CT molecular complexity index is 339. The van der Waals surface area contributed by atoms with Crippen LogP contribution in [-0.2, 0) is 11.2 Å². The number of rotatable bonds is 4. The molecule has 1 aromatic rings. The summed E-state index contributed by atoms with van der Waals surface area (Å²) in [7, 11) is 0. The fraction of sp³-hybridized carbons (Fsp3) is 0.300. The van der Waals surface area contributed by atoms with E-state index in [1.807, 2.05) is 18.2 Å². The van der Waals surface area contributed by atoms with E-state index < -0.39 is 5.97 Å². The molecule has 0 fully saturated rings. The molecule has 0 unspecified atom stereocenters. The minimum Gasteiger partial charge on any atom is -0.481 e. The highest BCUT2D eigenvalue weighted by Crippen LogP contribution is 2.25. The fourth-order valence-corrected chi connectivity index (χ4v) is 2.68. The van der Waals surface area contributed by atoms with E-state index in [9.17, 15) is 4.79 Å². The second-order valence-corrected chi connectivity index (χ2v) is 5.31. The van der Waals surface area contributed by atoms with Crippen molar-refractivity contribution in [3.8, 4) is 0 Å². The highest BCUT2D eigenvalue weighted by molar-refractivity contribution is 14.1. The highest BCUT2D eigenvalue weighted by atomic mass is 127. The number of aliphatic carboxylic acids is 1. The van der Waals surface area contributed by atoms with Crippen molar-refractivity contribution in [2.24, 2.45) is 0 Å². The summed E-state index contributed by atoms with van der Waals surface area (Å²) in [6, 6.07) is 5.87. The predicted octanol–water partition coefficient (Wildman–Crippen LogP) is 3.03. The van der Waals surface area contributed by atoms with Crippen LogP contribution in [0.2, 0.25) is 0 Å². The van der Waals surface area contributed by atoms with Gasteiger partial charge in [0.2, 0.25) is 0 Å². The lowest BCUT2D eigenvalue weighted by molar-refractivity contribution is -0.136. The molecule has 4 heteroatoms. The summed E-state index contributed by atoms with van der Waals surface area (Å²) in [5.41, 5.74) is 0.907. The van der Waals surface area contributed by atoms with E-state index in [1.54, 1.807) is 11.8 Å². The zero-order chi connectivity index (χ0) is 10.6. The van der Waals surface area contributed by atoms with E-state index in [-0.39, 0.29) is 6.42 Å². The quantitative estimate of drug-likeness (QED) is 0.684. The number of hydrogen-bond acceptors (Lipinski definition) is 2. The number of halogens is 1. The highest BCUT2D eigenvalue weighted by Gasteiger charge is 2.06. The minimum atomic E-state index is -0.774. The van der Waals surface area contributed by atoms with Crippen molar-refractivity contribution < 1.29 is 9.90 Å². The summed E-state index contributed by atoms with van der Waals surface area (Å²) in [5.74, 6) is 0.191. The molecular formula is C10H11IO2S. The summed E-state index contributed by atoms with van der Waals surface area (Å²) in [5, 5.41) is 8.72. The Morgan fingerprint density at radius 3 is 2.86 bits per heavy atom. The Morgan fingerprint density at radius 1 is 1.57 bits per heavy atom. The number of benzene rings is 1. The number of hydrogen-bond donors (Lipinski definition) is 1. The molecule has 2 nitrogen and oxygen atoms in total. The average Bonchev–Trinajstić information content (AvgIpc) is 2.09. The van der Waals surface area contributed by atoms with E-state index in [4.69, 9.17) is 5.11 Å². The van der Waals surface area contributed by atoms with Gasteiger partial charge in [-0.1, -0.05) is 13.0 Å². The Hall–Kier alpha value is -0.230. The Morgan fingerprint density at radius 2 is 2.29 bits per heavy atom. The van der Waals surface area contributed by atoms with Crippen molar-refractivity contribution in [1.29, 1.82) is 0 Å². The van der Waals surface area contributed by atoms with Gasteiger partial charge < -0.3 is 5.11 Å². The molecule has 0 aliphatic carbocycles. The van der Waals surface area contributed by atoms with E-state index in [0.717, 1.165) is 19.8 Å². The van der Waals surface area contributed by atoms with Crippen molar-refractivity contribution in [2.75, 3.05) is 5.75 Å². The first kappa shape index (κ1) is 11.8. The largest absolute Gasteiger partial charge is 0.481 e. The van der Waals surface area contributed by atoms with E-state index >= 15 is 0 Å². The van der Waals surface area contributed by atoms with Crippen LogP contribution in [0.1, 0.15) is 12.5 Å². The topological polar surface area (TPSA) is 37.3 Å². The predicted molar refractivity (Wildman–Crippen MR) is 66.9 cm³/mol. The minimum absolute atomic E-state index is 0.110. The first-order valence-corrected chi connectivity index (χ1v) is 6.33. The van der Waals surface area contributed by atoms with Crippen molar-refractivity contribution in [3.63, 3.8) is 0 Å². The van der Waals surface area contributed by atoms with Gasteiger partial charge in [0.1, 0.15) is 0 Å². The molecule has 0 heterocycles. The lowest BCUT2D eigenvalue weighted by Crippen LogP contribution is -2.01. The van der Waals surface area contributed by atoms with Crippen LogP contribution in [0, 0.1) is 3.57 Å². The molecule has 0 amide bonds. The molecule has 0 aromatic heterocycles. The lowest BCUT2D eigenvalue weighted by atomic mass is 10.1. The van der Waals surface area contributed by atoms with Crippen molar-refractivity contribution in [1.82, 2.24) is 0 Å². The zero-order valence-electron chi connectivity index (χ0n) is 7.79. The van der Waals surface area contributed by atoms with Gasteiger partial charge in [0.05, 0.1) is 6.42 Å². The molecule has 0 saturated heterocycles. The monoisotopic (exact) mass is 322 g/mol. The van der Waals surface area contributed by atoms with Gasteiger partial charge in [0.25, 0.3) is 0 Å². The maximum Gasteiger partial charge on any atom is 0.307 e. The van der Waals surface area contributed by atoms with Crippen molar-refractivity contribution in [3.05, 3.63) is 27.3 Å². The molecule has 0 saturated carbocycles. The molecule has 14 heavy (non-hydrogen) atoms. The summed E-state index contributed by atoms with van der Waals surface area (Å²) in [6.45, 7) is 2.06. The van der Waals surface area contributed by atoms with Crippen molar-refractivity contribution in [2.45, 2.75) is 18.2 Å². The summed E-state index contributed by atoms with van der Waals surface area (Å²) >= 11 is 3.92. The van der Waals surface area contributed by atoms with Crippen LogP contribution < -0.4 is 0 Å². The second-order valence-electron chi connectivity index (χ2n) is 2.76. The smallest absolute Gasteiger partial charge is 0.307 e. The third-order valence-electron chi connectivity index (χ3n) is 1.67. The number of carboxylic acid groups (broad SMARTS) is 1. The number of carbonyl (C=O) groups is 1. The van der Waals surface area contributed by atoms with Crippen molar-refractivity contribution >= 4 is 40.3 Å². The van der Waals surface area contributed by atoms with Crippen LogP contribution in [0.15, 0.2) is 23.1 Å². The molecule has 1 aromatic carbocycles. The standard InChI is InChI=1S/C10H11IO2S/c1-2-14-9-6-8(11)4-3-7(9)5-10(12)13/h3-4,6H,2,5H2,1H3,(H,12,13). The van der Waals surface area contributed by atoms with Gasteiger partial charge in [0.15, 0.2) is 0 Å². The molecule has 76 valence electrons. The van der Waals surface area contributed by atoms with Crippen LogP contribution in [0.25, 0.3) is 0 Å². The van der Waals surface area contributed by atoms with Gasteiger partial charge in [-0.3, -0.25) is 4.79 Å². The van der Waals surface area contributed by atoms with Crippen LogP contribution in [0.3, 0.4) is 0 Å².